The van der Waals surface area contributed by atoms with E-state index in [0.29, 0.717) is 12.2 Å². The Labute approximate surface area is 111 Å². The number of likely N-dealkylation sites (N-methyl/N-ethyl adjacent to an activating group) is 1. The summed E-state index contributed by atoms with van der Waals surface area (Å²) in [5, 5.41) is 11.6. The molecule has 0 amide bonds. The largest absolute Gasteiger partial charge is 0.398 e. The maximum atomic E-state index is 11.9. The monoisotopic (exact) mass is 293 g/mol. The first kappa shape index (κ1) is 15.4. The highest BCUT2D eigenvalue weighted by molar-refractivity contribution is 7.91. The van der Waals surface area contributed by atoms with Crippen molar-refractivity contribution in [3.8, 4) is 0 Å². The van der Waals surface area contributed by atoms with E-state index >= 15 is 0 Å². The molecule has 0 spiro atoms. The molecule has 4 N–H and O–H groups in total. The third-order valence-electron chi connectivity index (χ3n) is 2.16. The van der Waals surface area contributed by atoms with Crippen molar-refractivity contribution >= 4 is 27.0 Å². The van der Waals surface area contributed by atoms with E-state index in [2.05, 4.69) is 4.72 Å². The Morgan fingerprint density at radius 1 is 1.56 bits per heavy atom. The second-order valence-electron chi connectivity index (χ2n) is 4.76. The molecule has 0 saturated heterocycles. The average Bonchev–Trinajstić information content (AvgIpc) is 2.61. The molecule has 1 unspecified atom stereocenters. The molecule has 8 heteroatoms. The summed E-state index contributed by atoms with van der Waals surface area (Å²) in [5.74, 6) is 0. The van der Waals surface area contributed by atoms with Gasteiger partial charge >= 0.3 is 0 Å². The topological polar surface area (TPSA) is 95.7 Å². The van der Waals surface area contributed by atoms with Gasteiger partial charge in [0.25, 0.3) is 0 Å². The third kappa shape index (κ3) is 4.54. The highest BCUT2D eigenvalue weighted by Gasteiger charge is 2.25. The lowest BCUT2D eigenvalue weighted by Gasteiger charge is -2.26. The van der Waals surface area contributed by atoms with Gasteiger partial charge in [-0.1, -0.05) is 0 Å². The van der Waals surface area contributed by atoms with Crippen LogP contribution in [0.1, 0.15) is 6.92 Å². The molecule has 1 aromatic heterocycles. The molecular formula is C10H19N3O3S2. The highest BCUT2D eigenvalue weighted by Crippen LogP contribution is 2.21. The van der Waals surface area contributed by atoms with E-state index in [-0.39, 0.29) is 10.8 Å². The first-order chi connectivity index (χ1) is 8.12. The molecule has 0 aliphatic carbocycles. The van der Waals surface area contributed by atoms with Crippen LogP contribution >= 0.6 is 11.3 Å². The number of nitrogens with two attached hydrogens (primary N) is 1. The van der Waals surface area contributed by atoms with Crippen LogP contribution in [0.5, 0.6) is 0 Å². The van der Waals surface area contributed by atoms with E-state index in [1.807, 2.05) is 14.1 Å². The number of rotatable bonds is 6. The van der Waals surface area contributed by atoms with Gasteiger partial charge in [0, 0.05) is 24.2 Å². The van der Waals surface area contributed by atoms with Crippen LogP contribution in [0.3, 0.4) is 0 Å². The van der Waals surface area contributed by atoms with Crippen molar-refractivity contribution in [3.63, 3.8) is 0 Å². The van der Waals surface area contributed by atoms with Crippen molar-refractivity contribution < 1.29 is 13.5 Å². The molecular weight excluding hydrogens is 274 g/mol. The quantitative estimate of drug-likeness (QED) is 0.682. The maximum absolute atomic E-state index is 11.9. The molecule has 1 atom stereocenters. The van der Waals surface area contributed by atoms with Crippen molar-refractivity contribution in [2.24, 2.45) is 0 Å². The predicted octanol–water partition coefficient (Wildman–Crippen LogP) is -0.0788. The van der Waals surface area contributed by atoms with Crippen molar-refractivity contribution in [2.75, 3.05) is 32.9 Å². The number of thiophene rings is 1. The predicted molar refractivity (Wildman–Crippen MR) is 73.1 cm³/mol. The Morgan fingerprint density at radius 2 is 2.17 bits per heavy atom. The Morgan fingerprint density at radius 3 is 2.61 bits per heavy atom. The number of nitrogen functional groups attached to an aromatic ring is 1. The second kappa shape index (κ2) is 5.54. The highest BCUT2D eigenvalue weighted by atomic mass is 32.2. The Bertz CT molecular complexity index is 494. The molecule has 0 fully saturated rings. The fraction of sp³-hybridized carbons (Fsp3) is 0.600. The number of nitrogens with one attached hydrogen (secondary N) is 1. The number of hydrogen-bond acceptors (Lipinski definition) is 6. The number of nitrogens with zero attached hydrogens (tertiary/aromatic N) is 1. The summed E-state index contributed by atoms with van der Waals surface area (Å²) in [6.07, 6.45) is 0. The van der Waals surface area contributed by atoms with Gasteiger partial charge < -0.3 is 15.7 Å². The van der Waals surface area contributed by atoms with Crippen LogP contribution < -0.4 is 10.5 Å². The fourth-order valence-corrected chi connectivity index (χ4v) is 3.82. The minimum Gasteiger partial charge on any atom is -0.398 e. The Kier molecular flexibility index (Phi) is 4.73. The van der Waals surface area contributed by atoms with Gasteiger partial charge in [-0.2, -0.15) is 0 Å². The molecule has 104 valence electrons. The fourth-order valence-electron chi connectivity index (χ4n) is 1.53. The van der Waals surface area contributed by atoms with Crippen LogP contribution in [0.4, 0.5) is 5.69 Å². The van der Waals surface area contributed by atoms with E-state index in [9.17, 15) is 13.5 Å². The molecule has 0 aliphatic heterocycles. The van der Waals surface area contributed by atoms with Crippen molar-refractivity contribution in [3.05, 3.63) is 11.4 Å². The minimum atomic E-state index is -3.60. The van der Waals surface area contributed by atoms with E-state index in [1.54, 1.807) is 17.2 Å². The smallest absolute Gasteiger partial charge is 0.250 e. The molecule has 0 aliphatic rings. The summed E-state index contributed by atoms with van der Waals surface area (Å²) >= 11 is 1.05. The molecule has 0 saturated carbocycles. The summed E-state index contributed by atoms with van der Waals surface area (Å²) in [6, 6.07) is 1.40. The van der Waals surface area contributed by atoms with Crippen LogP contribution in [0.2, 0.25) is 0 Å². The first-order valence-corrected chi connectivity index (χ1v) is 7.69. The van der Waals surface area contributed by atoms with Crippen LogP contribution in [0.15, 0.2) is 15.7 Å². The van der Waals surface area contributed by atoms with Crippen LogP contribution in [-0.4, -0.2) is 51.2 Å². The summed E-state index contributed by atoms with van der Waals surface area (Å²) in [5.41, 5.74) is 4.78. The first-order valence-electron chi connectivity index (χ1n) is 5.33. The zero-order chi connectivity index (χ0) is 14.0. The van der Waals surface area contributed by atoms with Crippen molar-refractivity contribution in [1.29, 1.82) is 0 Å². The number of sulfonamides is 1. The minimum absolute atomic E-state index is 0.0503. The van der Waals surface area contributed by atoms with E-state index in [0.717, 1.165) is 11.3 Å². The van der Waals surface area contributed by atoms with Gasteiger partial charge in [-0.15, -0.1) is 11.3 Å². The SMILES string of the molecule is CN(C)CC(C)(O)CNS(=O)(=O)c1cc(N)cs1. The van der Waals surface area contributed by atoms with E-state index in [4.69, 9.17) is 5.73 Å². The van der Waals surface area contributed by atoms with Crippen LogP contribution in [-0.2, 0) is 10.0 Å². The maximum Gasteiger partial charge on any atom is 0.250 e. The number of aliphatic hydroxyl groups is 1. The lowest BCUT2D eigenvalue weighted by atomic mass is 10.1. The second-order valence-corrected chi connectivity index (χ2v) is 7.66. The summed E-state index contributed by atoms with van der Waals surface area (Å²) in [4.78, 5) is 1.79. The molecule has 0 bridgehead atoms. The van der Waals surface area contributed by atoms with Gasteiger partial charge in [-0.25, -0.2) is 13.1 Å². The number of anilines is 1. The molecule has 1 aromatic rings. The number of hydrogen-bond donors (Lipinski definition) is 3. The molecule has 0 aromatic carbocycles. The molecule has 1 heterocycles. The van der Waals surface area contributed by atoms with E-state index < -0.39 is 15.6 Å². The van der Waals surface area contributed by atoms with Gasteiger partial charge in [0.1, 0.15) is 4.21 Å². The lowest BCUT2D eigenvalue weighted by Crippen LogP contribution is -2.46. The zero-order valence-electron chi connectivity index (χ0n) is 10.7. The van der Waals surface area contributed by atoms with Gasteiger partial charge in [0.05, 0.1) is 5.60 Å². The molecule has 0 radical (unpaired) electrons. The van der Waals surface area contributed by atoms with Gasteiger partial charge in [0.2, 0.25) is 10.0 Å². The zero-order valence-corrected chi connectivity index (χ0v) is 12.3. The lowest BCUT2D eigenvalue weighted by molar-refractivity contribution is 0.0386. The van der Waals surface area contributed by atoms with Gasteiger partial charge in [-0.3, -0.25) is 0 Å². The van der Waals surface area contributed by atoms with Crippen molar-refractivity contribution in [1.82, 2.24) is 9.62 Å². The average molecular weight is 293 g/mol. The molecule has 6 nitrogen and oxygen atoms in total. The molecule has 18 heavy (non-hydrogen) atoms. The summed E-state index contributed by atoms with van der Waals surface area (Å²) in [7, 11) is 0.0185. The van der Waals surface area contributed by atoms with Crippen LogP contribution in [0.25, 0.3) is 0 Å². The van der Waals surface area contributed by atoms with Gasteiger partial charge in [0.15, 0.2) is 0 Å². The van der Waals surface area contributed by atoms with E-state index in [1.165, 1.54) is 6.07 Å². The van der Waals surface area contributed by atoms with Crippen LogP contribution in [0, 0.1) is 0 Å². The standard InChI is InChI=1S/C10H19N3O3S2/c1-10(14,7-13(2)3)6-12-18(15,16)9-4-8(11)5-17-9/h4-5,12,14H,6-7,11H2,1-3H3. The Hall–Kier alpha value is -0.670. The van der Waals surface area contributed by atoms with Crippen molar-refractivity contribution in [2.45, 2.75) is 16.7 Å². The van der Waals surface area contributed by atoms with Gasteiger partial charge in [-0.05, 0) is 27.1 Å². The third-order valence-corrected chi connectivity index (χ3v) is 5.02. The Balaban J connectivity index is 2.68. The summed E-state index contributed by atoms with van der Waals surface area (Å²) in [6.45, 7) is 1.89. The normalized spacial score (nSPS) is 15.8. The summed E-state index contributed by atoms with van der Waals surface area (Å²) < 4.78 is 26.3. The molecule has 1 rings (SSSR count).